The molecule has 0 saturated carbocycles. The Balaban J connectivity index is 1.82. The van der Waals surface area contributed by atoms with Crippen molar-refractivity contribution in [2.45, 2.75) is 26.4 Å². The van der Waals surface area contributed by atoms with E-state index < -0.39 is 0 Å². The zero-order valence-electron chi connectivity index (χ0n) is 14.0. The fourth-order valence-electron chi connectivity index (χ4n) is 3.00. The van der Waals surface area contributed by atoms with Gasteiger partial charge in [0.15, 0.2) is 0 Å². The highest BCUT2D eigenvalue weighted by molar-refractivity contribution is 5.31. The monoisotopic (exact) mass is 300 g/mol. The SMILES string of the molecule is CC(C)C(CNCc1ccc(C#N)cc1)N1CCN(C)CC1. The molecule has 1 aliphatic heterocycles. The molecule has 4 heteroatoms. The summed E-state index contributed by atoms with van der Waals surface area (Å²) in [6.45, 7) is 11.2. The van der Waals surface area contributed by atoms with Crippen molar-refractivity contribution in [3.8, 4) is 6.07 Å². The van der Waals surface area contributed by atoms with E-state index in [4.69, 9.17) is 5.26 Å². The molecular formula is C18H28N4. The van der Waals surface area contributed by atoms with Gasteiger partial charge in [-0.25, -0.2) is 0 Å². The van der Waals surface area contributed by atoms with Gasteiger partial charge in [0.25, 0.3) is 0 Å². The van der Waals surface area contributed by atoms with E-state index in [1.54, 1.807) is 0 Å². The molecule has 0 bridgehead atoms. The predicted octanol–water partition coefficient (Wildman–Crippen LogP) is 1.92. The van der Waals surface area contributed by atoms with Crippen LogP contribution in [0.4, 0.5) is 0 Å². The average molecular weight is 300 g/mol. The van der Waals surface area contributed by atoms with E-state index in [2.05, 4.69) is 42.1 Å². The van der Waals surface area contributed by atoms with Gasteiger partial charge in [-0.05, 0) is 30.7 Å². The Kier molecular flexibility index (Phi) is 6.38. The maximum absolute atomic E-state index is 8.83. The molecule has 1 aliphatic rings. The summed E-state index contributed by atoms with van der Waals surface area (Å²) in [6, 6.07) is 10.6. The zero-order valence-corrected chi connectivity index (χ0v) is 14.0. The van der Waals surface area contributed by atoms with E-state index in [-0.39, 0.29) is 0 Å². The molecular weight excluding hydrogens is 272 g/mol. The molecule has 1 heterocycles. The van der Waals surface area contributed by atoms with E-state index in [0.717, 1.165) is 31.7 Å². The van der Waals surface area contributed by atoms with Gasteiger partial charge in [0.2, 0.25) is 0 Å². The standard InChI is InChI=1S/C18H28N4/c1-15(2)18(22-10-8-21(3)9-11-22)14-20-13-17-6-4-16(12-19)5-7-17/h4-7,15,18,20H,8-11,13-14H2,1-3H3. The first-order valence-electron chi connectivity index (χ1n) is 8.22. The zero-order chi connectivity index (χ0) is 15.9. The van der Waals surface area contributed by atoms with Gasteiger partial charge in [-0.3, -0.25) is 4.90 Å². The van der Waals surface area contributed by atoms with E-state index >= 15 is 0 Å². The fourth-order valence-corrected chi connectivity index (χ4v) is 3.00. The molecule has 120 valence electrons. The van der Waals surface area contributed by atoms with Crippen molar-refractivity contribution in [3.63, 3.8) is 0 Å². The lowest BCUT2D eigenvalue weighted by molar-refractivity contribution is 0.0875. The van der Waals surface area contributed by atoms with Crippen LogP contribution in [0.15, 0.2) is 24.3 Å². The van der Waals surface area contributed by atoms with Crippen LogP contribution in [0.25, 0.3) is 0 Å². The van der Waals surface area contributed by atoms with Crippen LogP contribution in [0.5, 0.6) is 0 Å². The van der Waals surface area contributed by atoms with E-state index in [1.807, 2.05) is 24.3 Å². The van der Waals surface area contributed by atoms with Gasteiger partial charge in [0.05, 0.1) is 11.6 Å². The third-order valence-corrected chi connectivity index (χ3v) is 4.54. The maximum atomic E-state index is 8.83. The lowest BCUT2D eigenvalue weighted by Crippen LogP contribution is -2.53. The largest absolute Gasteiger partial charge is 0.311 e. The average Bonchev–Trinajstić information content (AvgIpc) is 2.53. The number of piperazine rings is 1. The van der Waals surface area contributed by atoms with Crippen LogP contribution in [-0.4, -0.2) is 55.6 Å². The van der Waals surface area contributed by atoms with E-state index in [0.29, 0.717) is 12.0 Å². The van der Waals surface area contributed by atoms with Crippen LogP contribution >= 0.6 is 0 Å². The third kappa shape index (κ3) is 4.81. The van der Waals surface area contributed by atoms with E-state index in [1.165, 1.54) is 18.7 Å². The van der Waals surface area contributed by atoms with Gasteiger partial charge in [-0.2, -0.15) is 5.26 Å². The highest BCUT2D eigenvalue weighted by atomic mass is 15.3. The topological polar surface area (TPSA) is 42.3 Å². The lowest BCUT2D eigenvalue weighted by Gasteiger charge is -2.40. The Hall–Kier alpha value is -1.41. The van der Waals surface area contributed by atoms with Crippen molar-refractivity contribution in [3.05, 3.63) is 35.4 Å². The minimum atomic E-state index is 0.590. The summed E-state index contributed by atoms with van der Waals surface area (Å²) in [4.78, 5) is 5.02. The molecule has 4 nitrogen and oxygen atoms in total. The third-order valence-electron chi connectivity index (χ3n) is 4.54. The molecule has 0 aliphatic carbocycles. The minimum absolute atomic E-state index is 0.590. The van der Waals surface area contributed by atoms with Crippen LogP contribution < -0.4 is 5.32 Å². The number of likely N-dealkylation sites (N-methyl/N-ethyl adjacent to an activating group) is 1. The second-order valence-electron chi connectivity index (χ2n) is 6.59. The minimum Gasteiger partial charge on any atom is -0.311 e. The molecule has 1 fully saturated rings. The summed E-state index contributed by atoms with van der Waals surface area (Å²) >= 11 is 0. The summed E-state index contributed by atoms with van der Waals surface area (Å²) < 4.78 is 0. The van der Waals surface area contributed by atoms with Crippen molar-refractivity contribution in [1.82, 2.24) is 15.1 Å². The Bertz CT molecular complexity index is 481. The maximum Gasteiger partial charge on any atom is 0.0991 e. The number of benzene rings is 1. The number of nitrogens with one attached hydrogen (secondary N) is 1. The van der Waals surface area contributed by atoms with Crippen LogP contribution in [-0.2, 0) is 6.54 Å². The molecule has 1 unspecified atom stereocenters. The predicted molar refractivity (Wildman–Crippen MR) is 90.6 cm³/mol. The molecule has 1 saturated heterocycles. The Labute approximate surface area is 134 Å². The van der Waals surface area contributed by atoms with Crippen LogP contribution in [0.3, 0.4) is 0 Å². The molecule has 0 amide bonds. The van der Waals surface area contributed by atoms with Gasteiger partial charge in [-0.15, -0.1) is 0 Å². The van der Waals surface area contributed by atoms with Crippen molar-refractivity contribution in [2.24, 2.45) is 5.92 Å². The van der Waals surface area contributed by atoms with Crippen molar-refractivity contribution in [2.75, 3.05) is 39.8 Å². The van der Waals surface area contributed by atoms with Crippen molar-refractivity contribution in [1.29, 1.82) is 5.26 Å². The van der Waals surface area contributed by atoms with E-state index in [9.17, 15) is 0 Å². The molecule has 1 atom stereocenters. The number of rotatable bonds is 6. The Morgan fingerprint density at radius 1 is 1.14 bits per heavy atom. The van der Waals surface area contributed by atoms with Gasteiger partial charge < -0.3 is 10.2 Å². The summed E-state index contributed by atoms with van der Waals surface area (Å²) in [5.41, 5.74) is 1.96. The first-order chi connectivity index (χ1) is 10.6. The number of nitrogens with zero attached hydrogens (tertiary/aromatic N) is 3. The molecule has 1 aromatic carbocycles. The van der Waals surface area contributed by atoms with Gasteiger partial charge in [0, 0.05) is 45.3 Å². The summed E-state index contributed by atoms with van der Waals surface area (Å²) in [5, 5.41) is 12.4. The molecule has 0 spiro atoms. The highest BCUT2D eigenvalue weighted by Crippen LogP contribution is 2.13. The normalized spacial score (nSPS) is 18.3. The van der Waals surface area contributed by atoms with Gasteiger partial charge in [-0.1, -0.05) is 26.0 Å². The molecule has 22 heavy (non-hydrogen) atoms. The summed E-state index contributed by atoms with van der Waals surface area (Å²) in [6.07, 6.45) is 0. The quantitative estimate of drug-likeness (QED) is 0.871. The molecule has 2 rings (SSSR count). The molecule has 1 N–H and O–H groups in total. The molecule has 1 aromatic rings. The lowest BCUT2D eigenvalue weighted by atomic mass is 10.0. The van der Waals surface area contributed by atoms with Crippen molar-refractivity contribution >= 4 is 0 Å². The van der Waals surface area contributed by atoms with Crippen LogP contribution in [0, 0.1) is 17.2 Å². The van der Waals surface area contributed by atoms with Gasteiger partial charge in [0.1, 0.15) is 0 Å². The second-order valence-corrected chi connectivity index (χ2v) is 6.59. The smallest absolute Gasteiger partial charge is 0.0991 e. The second kappa shape index (κ2) is 8.28. The number of hydrogen-bond acceptors (Lipinski definition) is 4. The Morgan fingerprint density at radius 2 is 1.77 bits per heavy atom. The molecule has 0 aromatic heterocycles. The highest BCUT2D eigenvalue weighted by Gasteiger charge is 2.24. The van der Waals surface area contributed by atoms with Gasteiger partial charge >= 0.3 is 0 Å². The number of hydrogen-bond donors (Lipinski definition) is 1. The fraction of sp³-hybridized carbons (Fsp3) is 0.611. The van der Waals surface area contributed by atoms with Crippen molar-refractivity contribution < 1.29 is 0 Å². The van der Waals surface area contributed by atoms with Crippen LogP contribution in [0.1, 0.15) is 25.0 Å². The first kappa shape index (κ1) is 17.0. The molecule has 0 radical (unpaired) electrons. The Morgan fingerprint density at radius 3 is 2.32 bits per heavy atom. The summed E-state index contributed by atoms with van der Waals surface area (Å²) in [7, 11) is 2.20. The summed E-state index contributed by atoms with van der Waals surface area (Å²) in [5.74, 6) is 0.650. The number of nitriles is 1. The van der Waals surface area contributed by atoms with Crippen LogP contribution in [0.2, 0.25) is 0 Å². The first-order valence-corrected chi connectivity index (χ1v) is 8.22.